The van der Waals surface area contributed by atoms with E-state index < -0.39 is 6.10 Å². The van der Waals surface area contributed by atoms with Crippen LogP contribution < -0.4 is 5.32 Å². The zero-order valence-electron chi connectivity index (χ0n) is 10.1. The summed E-state index contributed by atoms with van der Waals surface area (Å²) >= 11 is 0. The molecule has 1 aromatic carbocycles. The fraction of sp³-hybridized carbons (Fsp3) is 0.286. The van der Waals surface area contributed by atoms with Crippen molar-refractivity contribution in [3.63, 3.8) is 0 Å². The molecule has 0 aliphatic heterocycles. The van der Waals surface area contributed by atoms with E-state index in [1.165, 1.54) is 0 Å². The second-order valence-electron chi connectivity index (χ2n) is 4.13. The van der Waals surface area contributed by atoms with E-state index in [9.17, 15) is 5.11 Å². The van der Waals surface area contributed by atoms with Crippen LogP contribution in [0.1, 0.15) is 30.1 Å². The van der Waals surface area contributed by atoms with Crippen molar-refractivity contribution in [3.8, 4) is 0 Å². The van der Waals surface area contributed by atoms with Crippen molar-refractivity contribution < 1.29 is 9.52 Å². The normalized spacial score (nSPS) is 12.4. The van der Waals surface area contributed by atoms with Crippen LogP contribution in [0.25, 0.3) is 0 Å². The van der Waals surface area contributed by atoms with Gasteiger partial charge in [-0.25, -0.2) is 0 Å². The van der Waals surface area contributed by atoms with Crippen LogP contribution >= 0.6 is 0 Å². The quantitative estimate of drug-likeness (QED) is 0.849. The summed E-state index contributed by atoms with van der Waals surface area (Å²) in [7, 11) is 0. The Hall–Kier alpha value is -1.74. The van der Waals surface area contributed by atoms with Gasteiger partial charge in [0, 0.05) is 11.3 Å². The number of anilines is 1. The lowest BCUT2D eigenvalue weighted by atomic mass is 10.1. The van der Waals surface area contributed by atoms with E-state index in [1.54, 1.807) is 6.92 Å². The van der Waals surface area contributed by atoms with E-state index in [4.69, 9.17) is 4.42 Å². The summed E-state index contributed by atoms with van der Waals surface area (Å²) in [6.45, 7) is 4.31. The minimum absolute atomic E-state index is 0.475. The summed E-state index contributed by atoms with van der Waals surface area (Å²) in [5.74, 6) is 1.80. The molecule has 1 heterocycles. The number of furan rings is 1. The predicted molar refractivity (Wildman–Crippen MR) is 67.8 cm³/mol. The van der Waals surface area contributed by atoms with Crippen molar-refractivity contribution in [1.29, 1.82) is 0 Å². The molecule has 1 atom stereocenters. The zero-order chi connectivity index (χ0) is 12.3. The molecule has 0 radical (unpaired) electrons. The van der Waals surface area contributed by atoms with Crippen molar-refractivity contribution in [2.45, 2.75) is 26.5 Å². The van der Waals surface area contributed by atoms with E-state index in [1.807, 2.05) is 43.3 Å². The van der Waals surface area contributed by atoms with Gasteiger partial charge in [-0.15, -0.1) is 0 Å². The van der Waals surface area contributed by atoms with Crippen LogP contribution in [0.3, 0.4) is 0 Å². The van der Waals surface area contributed by atoms with Crippen molar-refractivity contribution in [1.82, 2.24) is 0 Å². The lowest BCUT2D eigenvalue weighted by Crippen LogP contribution is -2.03. The maximum Gasteiger partial charge on any atom is 0.123 e. The Bertz CT molecular complexity index is 488. The van der Waals surface area contributed by atoms with Crippen LogP contribution in [-0.2, 0) is 6.54 Å². The standard InChI is InChI=1S/C14H17NO2/c1-10-7-8-12(17-10)9-15-14-6-4-3-5-13(14)11(2)16/h3-8,11,15-16H,9H2,1-2H3. The monoisotopic (exact) mass is 231 g/mol. The first-order chi connectivity index (χ1) is 8.16. The van der Waals surface area contributed by atoms with E-state index in [0.29, 0.717) is 6.54 Å². The van der Waals surface area contributed by atoms with Gasteiger partial charge in [0.2, 0.25) is 0 Å². The smallest absolute Gasteiger partial charge is 0.123 e. The number of hydrogen-bond acceptors (Lipinski definition) is 3. The molecule has 0 amide bonds. The fourth-order valence-electron chi connectivity index (χ4n) is 1.78. The van der Waals surface area contributed by atoms with Gasteiger partial charge in [0.15, 0.2) is 0 Å². The number of benzene rings is 1. The van der Waals surface area contributed by atoms with Gasteiger partial charge < -0.3 is 14.8 Å². The molecular weight excluding hydrogens is 214 g/mol. The molecule has 0 saturated carbocycles. The van der Waals surface area contributed by atoms with Gasteiger partial charge in [-0.1, -0.05) is 18.2 Å². The molecule has 0 aliphatic rings. The second-order valence-corrected chi connectivity index (χ2v) is 4.13. The number of aryl methyl sites for hydroxylation is 1. The molecule has 1 unspecified atom stereocenters. The molecule has 2 rings (SSSR count). The summed E-state index contributed by atoms with van der Waals surface area (Å²) in [4.78, 5) is 0. The van der Waals surface area contributed by atoms with Crippen LogP contribution in [-0.4, -0.2) is 5.11 Å². The highest BCUT2D eigenvalue weighted by Gasteiger charge is 2.07. The molecule has 1 aromatic heterocycles. The van der Waals surface area contributed by atoms with Gasteiger partial charge in [0.25, 0.3) is 0 Å². The molecule has 17 heavy (non-hydrogen) atoms. The Balaban J connectivity index is 2.08. The Kier molecular flexibility index (Phi) is 3.49. The molecule has 90 valence electrons. The number of aliphatic hydroxyl groups is 1. The topological polar surface area (TPSA) is 45.4 Å². The molecular formula is C14H17NO2. The summed E-state index contributed by atoms with van der Waals surface area (Å²) in [6, 6.07) is 11.6. The SMILES string of the molecule is Cc1ccc(CNc2ccccc2C(C)O)o1. The average molecular weight is 231 g/mol. The van der Waals surface area contributed by atoms with E-state index in [0.717, 1.165) is 22.8 Å². The molecule has 2 N–H and O–H groups in total. The van der Waals surface area contributed by atoms with Crippen molar-refractivity contribution in [3.05, 3.63) is 53.5 Å². The summed E-state index contributed by atoms with van der Waals surface area (Å²) in [6.07, 6.45) is -0.475. The first kappa shape index (κ1) is 11.7. The van der Waals surface area contributed by atoms with Crippen LogP contribution in [0.15, 0.2) is 40.8 Å². The van der Waals surface area contributed by atoms with Crippen molar-refractivity contribution in [2.75, 3.05) is 5.32 Å². The van der Waals surface area contributed by atoms with Crippen LogP contribution in [0, 0.1) is 6.92 Å². The number of nitrogens with one attached hydrogen (secondary N) is 1. The molecule has 3 heteroatoms. The second kappa shape index (κ2) is 5.06. The van der Waals surface area contributed by atoms with Gasteiger partial charge in [-0.2, -0.15) is 0 Å². The summed E-state index contributed by atoms with van der Waals surface area (Å²) in [5, 5.41) is 12.9. The number of hydrogen-bond donors (Lipinski definition) is 2. The van der Waals surface area contributed by atoms with Gasteiger partial charge in [0.05, 0.1) is 12.6 Å². The fourth-order valence-corrected chi connectivity index (χ4v) is 1.78. The Morgan fingerprint density at radius 2 is 2.00 bits per heavy atom. The van der Waals surface area contributed by atoms with E-state index >= 15 is 0 Å². The molecule has 3 nitrogen and oxygen atoms in total. The molecule has 2 aromatic rings. The Morgan fingerprint density at radius 1 is 1.24 bits per heavy atom. The van der Waals surface area contributed by atoms with Gasteiger partial charge in [0.1, 0.15) is 11.5 Å². The third-order valence-electron chi connectivity index (χ3n) is 2.66. The number of rotatable bonds is 4. The first-order valence-corrected chi connectivity index (χ1v) is 5.73. The first-order valence-electron chi connectivity index (χ1n) is 5.73. The predicted octanol–water partition coefficient (Wildman–Crippen LogP) is 3.25. The Labute approximate surface area is 101 Å². The molecule has 0 bridgehead atoms. The minimum Gasteiger partial charge on any atom is -0.465 e. The van der Waals surface area contributed by atoms with Gasteiger partial charge in [-0.3, -0.25) is 0 Å². The average Bonchev–Trinajstić information content (AvgIpc) is 2.73. The van der Waals surface area contributed by atoms with Crippen LogP contribution in [0.4, 0.5) is 5.69 Å². The summed E-state index contributed by atoms with van der Waals surface area (Å²) in [5.41, 5.74) is 1.84. The maximum absolute atomic E-state index is 9.64. The zero-order valence-corrected chi connectivity index (χ0v) is 10.1. The van der Waals surface area contributed by atoms with Crippen LogP contribution in [0.5, 0.6) is 0 Å². The lowest BCUT2D eigenvalue weighted by molar-refractivity contribution is 0.200. The third kappa shape index (κ3) is 2.88. The highest BCUT2D eigenvalue weighted by atomic mass is 16.3. The van der Waals surface area contributed by atoms with Crippen molar-refractivity contribution in [2.24, 2.45) is 0 Å². The molecule has 0 fully saturated rings. The highest BCUT2D eigenvalue weighted by Crippen LogP contribution is 2.22. The number of para-hydroxylation sites is 1. The lowest BCUT2D eigenvalue weighted by Gasteiger charge is -2.12. The van der Waals surface area contributed by atoms with Crippen molar-refractivity contribution >= 4 is 5.69 Å². The Morgan fingerprint density at radius 3 is 2.65 bits per heavy atom. The number of aliphatic hydroxyl groups excluding tert-OH is 1. The molecule has 0 spiro atoms. The van der Waals surface area contributed by atoms with Crippen LogP contribution in [0.2, 0.25) is 0 Å². The minimum atomic E-state index is -0.475. The highest BCUT2D eigenvalue weighted by molar-refractivity contribution is 5.52. The van der Waals surface area contributed by atoms with Gasteiger partial charge >= 0.3 is 0 Å². The third-order valence-corrected chi connectivity index (χ3v) is 2.66. The molecule has 0 aliphatic carbocycles. The van der Waals surface area contributed by atoms with E-state index in [-0.39, 0.29) is 0 Å². The summed E-state index contributed by atoms with van der Waals surface area (Å²) < 4.78 is 5.48. The maximum atomic E-state index is 9.64. The largest absolute Gasteiger partial charge is 0.465 e. The molecule has 0 saturated heterocycles. The van der Waals surface area contributed by atoms with E-state index in [2.05, 4.69) is 5.32 Å². The van der Waals surface area contributed by atoms with Gasteiger partial charge in [-0.05, 0) is 32.0 Å².